The molecule has 1 aromatic carbocycles. The van der Waals surface area contributed by atoms with Crippen LogP contribution in [-0.2, 0) is 9.47 Å². The zero-order valence-corrected chi connectivity index (χ0v) is 21.0. The van der Waals surface area contributed by atoms with E-state index >= 15 is 0 Å². The van der Waals surface area contributed by atoms with Crippen LogP contribution in [0.4, 0.5) is 17.8 Å². The maximum Gasteiger partial charge on any atom is 0.251 e. The smallest absolute Gasteiger partial charge is 0.251 e. The Balaban J connectivity index is 1.28. The Hall–Kier alpha value is -3.24. The van der Waals surface area contributed by atoms with Crippen molar-refractivity contribution < 1.29 is 14.3 Å². The van der Waals surface area contributed by atoms with E-state index in [4.69, 9.17) is 9.47 Å². The third kappa shape index (κ3) is 10.6. The van der Waals surface area contributed by atoms with Crippen LogP contribution in [0.3, 0.4) is 0 Å². The number of nitrogens with zero attached hydrogens (tertiary/aromatic N) is 3. The summed E-state index contributed by atoms with van der Waals surface area (Å²) in [6, 6.07) is 9.12. The van der Waals surface area contributed by atoms with Gasteiger partial charge in [0.05, 0.1) is 26.4 Å². The fourth-order valence-corrected chi connectivity index (χ4v) is 3.89. The molecule has 0 atom stereocenters. The first-order valence-electron chi connectivity index (χ1n) is 12.8. The number of rotatable bonds is 17. The van der Waals surface area contributed by atoms with E-state index in [2.05, 4.69) is 42.8 Å². The predicted octanol–water partition coefficient (Wildman–Crippen LogP) is 3.34. The highest BCUT2D eigenvalue weighted by atomic mass is 16.5. The number of benzene rings is 1. The van der Waals surface area contributed by atoms with E-state index in [1.165, 1.54) is 32.1 Å². The molecule has 4 N–H and O–H groups in total. The van der Waals surface area contributed by atoms with Crippen molar-refractivity contribution in [3.8, 4) is 0 Å². The van der Waals surface area contributed by atoms with Crippen LogP contribution in [0, 0.1) is 5.92 Å². The molecule has 0 aliphatic heterocycles. The van der Waals surface area contributed by atoms with Crippen LogP contribution in [0.5, 0.6) is 0 Å². The van der Waals surface area contributed by atoms with Gasteiger partial charge in [0.15, 0.2) is 0 Å². The number of ether oxygens (including phenoxy) is 2. The van der Waals surface area contributed by atoms with Gasteiger partial charge in [-0.25, -0.2) is 0 Å². The predicted molar refractivity (Wildman–Crippen MR) is 142 cm³/mol. The number of hydrogen-bond donors (Lipinski definition) is 4. The largest absolute Gasteiger partial charge is 0.377 e. The van der Waals surface area contributed by atoms with E-state index in [-0.39, 0.29) is 5.91 Å². The Bertz CT molecular complexity index is 908. The van der Waals surface area contributed by atoms with Crippen molar-refractivity contribution in [2.24, 2.45) is 5.92 Å². The molecule has 1 saturated carbocycles. The highest BCUT2D eigenvalue weighted by Gasteiger charge is 2.14. The average molecular weight is 498 g/mol. The zero-order chi connectivity index (χ0) is 25.3. The van der Waals surface area contributed by atoms with E-state index in [9.17, 15) is 4.79 Å². The van der Waals surface area contributed by atoms with Crippen molar-refractivity contribution in [2.45, 2.75) is 32.1 Å². The van der Waals surface area contributed by atoms with Crippen LogP contribution < -0.4 is 21.3 Å². The molecule has 1 fully saturated rings. The fourth-order valence-electron chi connectivity index (χ4n) is 3.89. The van der Waals surface area contributed by atoms with E-state index in [0.29, 0.717) is 75.4 Å². The summed E-state index contributed by atoms with van der Waals surface area (Å²) >= 11 is 0. The number of anilines is 3. The molecule has 0 radical (unpaired) electrons. The quantitative estimate of drug-likeness (QED) is 0.192. The molecule has 10 heteroatoms. The minimum absolute atomic E-state index is 0.102. The average Bonchev–Trinajstić information content (AvgIpc) is 2.92. The lowest BCUT2D eigenvalue weighted by atomic mass is 9.89. The van der Waals surface area contributed by atoms with Crippen LogP contribution in [-0.4, -0.2) is 73.5 Å². The Kier molecular flexibility index (Phi) is 12.5. The number of hydrogen-bond acceptors (Lipinski definition) is 9. The molecule has 1 heterocycles. The fraction of sp³-hybridized carbons (Fsp3) is 0.538. The highest BCUT2D eigenvalue weighted by molar-refractivity contribution is 5.94. The van der Waals surface area contributed by atoms with Crippen molar-refractivity contribution in [3.63, 3.8) is 0 Å². The summed E-state index contributed by atoms with van der Waals surface area (Å²) in [6.07, 6.45) is 8.23. The SMILES string of the molecule is C=CCNc1nc(NCCOCCOCCNC(=O)c2ccccc2)nc(NCC2CCCCC2)n1. The summed E-state index contributed by atoms with van der Waals surface area (Å²) in [6.45, 7) is 8.03. The van der Waals surface area contributed by atoms with Gasteiger partial charge in [-0.15, -0.1) is 6.58 Å². The number of amides is 1. The summed E-state index contributed by atoms with van der Waals surface area (Å²) in [5, 5.41) is 12.5. The Labute approximate surface area is 213 Å². The molecule has 1 aliphatic carbocycles. The molecule has 0 unspecified atom stereocenters. The molecule has 36 heavy (non-hydrogen) atoms. The van der Waals surface area contributed by atoms with Crippen LogP contribution in [0.15, 0.2) is 43.0 Å². The Morgan fingerprint density at radius 2 is 1.50 bits per heavy atom. The van der Waals surface area contributed by atoms with E-state index in [1.54, 1.807) is 18.2 Å². The van der Waals surface area contributed by atoms with Crippen LogP contribution >= 0.6 is 0 Å². The number of aromatic nitrogens is 3. The molecule has 0 bridgehead atoms. The van der Waals surface area contributed by atoms with E-state index < -0.39 is 0 Å². The van der Waals surface area contributed by atoms with Crippen LogP contribution in [0.25, 0.3) is 0 Å². The maximum absolute atomic E-state index is 11.9. The normalized spacial score (nSPS) is 13.7. The van der Waals surface area contributed by atoms with Crippen LogP contribution in [0.2, 0.25) is 0 Å². The lowest BCUT2D eigenvalue weighted by molar-refractivity contribution is 0.0519. The monoisotopic (exact) mass is 497 g/mol. The lowest BCUT2D eigenvalue weighted by Gasteiger charge is -2.21. The second kappa shape index (κ2) is 16.4. The van der Waals surface area contributed by atoms with E-state index in [1.807, 2.05) is 18.2 Å². The summed E-state index contributed by atoms with van der Waals surface area (Å²) in [5.41, 5.74) is 0.641. The lowest BCUT2D eigenvalue weighted by Crippen LogP contribution is -2.27. The third-order valence-electron chi connectivity index (χ3n) is 5.78. The van der Waals surface area contributed by atoms with Crippen LogP contribution in [0.1, 0.15) is 42.5 Å². The molecule has 0 saturated heterocycles. The van der Waals surface area contributed by atoms with Gasteiger partial charge in [-0.1, -0.05) is 43.5 Å². The van der Waals surface area contributed by atoms with Gasteiger partial charge in [-0.05, 0) is 30.9 Å². The molecule has 1 aliphatic rings. The van der Waals surface area contributed by atoms with Crippen molar-refractivity contribution in [3.05, 3.63) is 48.6 Å². The molecule has 2 aromatic rings. The van der Waals surface area contributed by atoms with Gasteiger partial charge in [-0.2, -0.15) is 15.0 Å². The van der Waals surface area contributed by atoms with Gasteiger partial charge in [0.25, 0.3) is 5.91 Å². The zero-order valence-electron chi connectivity index (χ0n) is 21.0. The molecule has 0 spiro atoms. The molecule has 1 amide bonds. The van der Waals surface area contributed by atoms with Gasteiger partial charge >= 0.3 is 0 Å². The summed E-state index contributed by atoms with van der Waals surface area (Å²) in [5.74, 6) is 2.14. The topological polar surface area (TPSA) is 122 Å². The standard InChI is InChI=1S/C26H39N7O3/c1-2-13-28-24-31-25(33-26(32-24)30-20-21-9-5-3-6-10-21)29-15-17-36-19-18-35-16-14-27-23(34)22-11-7-4-8-12-22/h2,4,7-8,11-12,21H,1,3,5-6,9-10,13-20H2,(H,27,34)(H3,28,29,30,31,32,33). The van der Waals surface area contributed by atoms with Crippen molar-refractivity contribution in [1.29, 1.82) is 0 Å². The Morgan fingerprint density at radius 3 is 2.19 bits per heavy atom. The number of carbonyl (C=O) groups is 1. The molecular formula is C26H39N7O3. The van der Waals surface area contributed by atoms with Gasteiger partial charge < -0.3 is 30.7 Å². The minimum Gasteiger partial charge on any atom is -0.377 e. The maximum atomic E-state index is 11.9. The number of nitrogens with one attached hydrogen (secondary N) is 4. The highest BCUT2D eigenvalue weighted by Crippen LogP contribution is 2.23. The first-order valence-corrected chi connectivity index (χ1v) is 12.8. The second-order valence-electron chi connectivity index (χ2n) is 8.63. The van der Waals surface area contributed by atoms with E-state index in [0.717, 1.165) is 6.54 Å². The molecule has 3 rings (SSSR count). The second-order valence-corrected chi connectivity index (χ2v) is 8.63. The molecular weight excluding hydrogens is 458 g/mol. The van der Waals surface area contributed by atoms with Crippen molar-refractivity contribution >= 4 is 23.8 Å². The third-order valence-corrected chi connectivity index (χ3v) is 5.78. The minimum atomic E-state index is -0.102. The molecule has 1 aromatic heterocycles. The summed E-state index contributed by atoms with van der Waals surface area (Å²) < 4.78 is 11.1. The first kappa shape index (κ1) is 27.3. The Morgan fingerprint density at radius 1 is 0.861 bits per heavy atom. The number of carbonyl (C=O) groups excluding carboxylic acids is 1. The van der Waals surface area contributed by atoms with Gasteiger partial charge in [-0.3, -0.25) is 4.79 Å². The van der Waals surface area contributed by atoms with Gasteiger partial charge in [0.2, 0.25) is 17.8 Å². The first-order chi connectivity index (χ1) is 17.7. The summed E-state index contributed by atoms with van der Waals surface area (Å²) in [4.78, 5) is 25.3. The van der Waals surface area contributed by atoms with Gasteiger partial charge in [0.1, 0.15) is 0 Å². The van der Waals surface area contributed by atoms with Crippen molar-refractivity contribution in [2.75, 3.05) is 68.6 Å². The summed E-state index contributed by atoms with van der Waals surface area (Å²) in [7, 11) is 0. The van der Waals surface area contributed by atoms with Crippen molar-refractivity contribution in [1.82, 2.24) is 20.3 Å². The molecule has 10 nitrogen and oxygen atoms in total. The molecule has 196 valence electrons. The van der Waals surface area contributed by atoms with Gasteiger partial charge in [0, 0.05) is 31.7 Å².